The number of unbranched alkanes of at least 4 members (excludes halogenated alkanes) is 49. The summed E-state index contributed by atoms with van der Waals surface area (Å²) in [6, 6.07) is 0. The molecule has 0 amide bonds. The van der Waals surface area contributed by atoms with Gasteiger partial charge in [-0.1, -0.05) is 356 Å². The van der Waals surface area contributed by atoms with Crippen LogP contribution in [0.2, 0.25) is 0 Å². The molecule has 96 heavy (non-hydrogen) atoms. The number of aliphatic hydroxyl groups is 1. The van der Waals surface area contributed by atoms with Crippen molar-refractivity contribution in [2.24, 2.45) is 5.92 Å². The summed E-state index contributed by atoms with van der Waals surface area (Å²) in [5.41, 5.74) is 0. The summed E-state index contributed by atoms with van der Waals surface area (Å²) in [6.07, 6.45) is 59.4. The second kappa shape index (κ2) is 70.1. The van der Waals surface area contributed by atoms with Gasteiger partial charge in [0.15, 0.2) is 12.2 Å². The first-order chi connectivity index (χ1) is 46.5. The molecular formula is C77H150O17P2. The maximum Gasteiger partial charge on any atom is 0.472 e. The predicted octanol–water partition coefficient (Wildman–Crippen LogP) is 22.9. The summed E-state index contributed by atoms with van der Waals surface area (Å²) >= 11 is 0. The average molecular weight is 1410 g/mol. The zero-order valence-corrected chi connectivity index (χ0v) is 64.3. The van der Waals surface area contributed by atoms with Gasteiger partial charge in [-0.25, -0.2) is 9.13 Å². The highest BCUT2D eigenvalue weighted by molar-refractivity contribution is 7.47. The average Bonchev–Trinajstić information content (AvgIpc) is 3.71. The van der Waals surface area contributed by atoms with Crippen LogP contribution in [0.3, 0.4) is 0 Å². The van der Waals surface area contributed by atoms with Crippen LogP contribution in [0.25, 0.3) is 0 Å². The van der Waals surface area contributed by atoms with Crippen LogP contribution in [-0.2, 0) is 65.4 Å². The summed E-state index contributed by atoms with van der Waals surface area (Å²) in [7, 11) is -9.91. The number of hydrogen-bond donors (Lipinski definition) is 3. The largest absolute Gasteiger partial charge is 0.472 e. The number of carbonyl (C=O) groups is 4. The van der Waals surface area contributed by atoms with Gasteiger partial charge in [-0.3, -0.25) is 37.3 Å². The Morgan fingerprint density at radius 1 is 0.281 bits per heavy atom. The predicted molar refractivity (Wildman–Crippen MR) is 391 cm³/mol. The first-order valence-corrected chi connectivity index (χ1v) is 43.1. The highest BCUT2D eigenvalue weighted by atomic mass is 31.2. The van der Waals surface area contributed by atoms with Gasteiger partial charge in [0.2, 0.25) is 0 Å². The van der Waals surface area contributed by atoms with Crippen molar-refractivity contribution in [3.63, 3.8) is 0 Å². The van der Waals surface area contributed by atoms with Crippen molar-refractivity contribution in [2.75, 3.05) is 39.6 Å². The van der Waals surface area contributed by atoms with Crippen LogP contribution >= 0.6 is 15.6 Å². The molecule has 0 aromatic carbocycles. The molecule has 570 valence electrons. The third kappa shape index (κ3) is 70.5. The molecular weight excluding hydrogens is 1260 g/mol. The Morgan fingerprint density at radius 3 is 0.708 bits per heavy atom. The van der Waals surface area contributed by atoms with Crippen LogP contribution in [0, 0.1) is 5.92 Å². The molecule has 0 bridgehead atoms. The lowest BCUT2D eigenvalue weighted by atomic mass is 10.0. The van der Waals surface area contributed by atoms with Crippen LogP contribution < -0.4 is 0 Å². The van der Waals surface area contributed by atoms with Gasteiger partial charge in [0.25, 0.3) is 0 Å². The van der Waals surface area contributed by atoms with Crippen molar-refractivity contribution < 1.29 is 80.2 Å². The van der Waals surface area contributed by atoms with Crippen molar-refractivity contribution in [1.82, 2.24) is 0 Å². The van der Waals surface area contributed by atoms with E-state index in [1.165, 1.54) is 231 Å². The molecule has 0 rings (SSSR count). The van der Waals surface area contributed by atoms with Gasteiger partial charge in [0, 0.05) is 25.7 Å². The summed E-state index contributed by atoms with van der Waals surface area (Å²) in [5, 5.41) is 10.6. The molecule has 17 nitrogen and oxygen atoms in total. The zero-order chi connectivity index (χ0) is 70.5. The molecule has 0 aliphatic carbocycles. The van der Waals surface area contributed by atoms with Crippen LogP contribution in [0.5, 0.6) is 0 Å². The fraction of sp³-hybridized carbons (Fsp3) is 0.948. The number of rotatable bonds is 77. The molecule has 0 saturated heterocycles. The zero-order valence-electron chi connectivity index (χ0n) is 62.5. The van der Waals surface area contributed by atoms with Crippen molar-refractivity contribution >= 4 is 39.5 Å². The second-order valence-electron chi connectivity index (χ2n) is 28.2. The SMILES string of the molecule is CCCCCCCCCCCCCCCCCC(=O)O[C@H](COC(=O)CCCCCCCCCCCCCCCC)COP(=O)(O)OC[C@@H](O)COP(=O)(O)OC[C@@H](COC(=O)CCCCCCCCCCCCC(C)C)OC(=O)CCCCCCCCCCCCCCCC. The molecule has 0 aliphatic rings. The number of ether oxygens (including phenoxy) is 4. The number of phosphoric ester groups is 2. The lowest BCUT2D eigenvalue weighted by Gasteiger charge is -2.21. The summed E-state index contributed by atoms with van der Waals surface area (Å²) in [5.74, 6) is -1.35. The fourth-order valence-corrected chi connectivity index (χ4v) is 13.5. The lowest BCUT2D eigenvalue weighted by Crippen LogP contribution is -2.30. The Bertz CT molecular complexity index is 1840. The molecule has 5 atom stereocenters. The molecule has 0 saturated carbocycles. The maximum absolute atomic E-state index is 13.1. The van der Waals surface area contributed by atoms with Crippen LogP contribution in [0.4, 0.5) is 0 Å². The Morgan fingerprint density at radius 2 is 0.479 bits per heavy atom. The van der Waals surface area contributed by atoms with E-state index in [2.05, 4.69) is 34.6 Å². The monoisotopic (exact) mass is 1410 g/mol. The standard InChI is InChI=1S/C77H150O17P2/c1-6-9-12-15-18-21-24-27-30-33-36-43-48-53-58-63-77(82)93-72(66-87-74(79)60-55-50-45-40-34-31-28-25-22-19-16-13-10-7-2)68-91-95(83,84)89-64-71(78)65-90-96(85,86)92-69-73(67-88-75(80)61-56-51-46-41-38-37-39-44-49-54-59-70(4)5)94-76(81)62-57-52-47-42-35-32-29-26-23-20-17-14-11-8-3/h70-73,78H,6-69H2,1-5H3,(H,83,84)(H,85,86)/t71-,72-,73-/m1/s1. The second-order valence-corrected chi connectivity index (χ2v) is 31.1. The van der Waals surface area contributed by atoms with Gasteiger partial charge < -0.3 is 33.8 Å². The van der Waals surface area contributed by atoms with E-state index in [9.17, 15) is 43.2 Å². The highest BCUT2D eigenvalue weighted by Gasteiger charge is 2.30. The lowest BCUT2D eigenvalue weighted by molar-refractivity contribution is -0.161. The van der Waals surface area contributed by atoms with Crippen molar-refractivity contribution in [3.05, 3.63) is 0 Å². The molecule has 0 aromatic heterocycles. The Hall–Kier alpha value is -1.94. The third-order valence-electron chi connectivity index (χ3n) is 18.0. The Labute approximate surface area is 588 Å². The maximum atomic E-state index is 13.1. The van der Waals surface area contributed by atoms with Gasteiger partial charge in [-0.15, -0.1) is 0 Å². The van der Waals surface area contributed by atoms with E-state index in [1.54, 1.807) is 0 Å². The minimum Gasteiger partial charge on any atom is -0.462 e. The van der Waals surface area contributed by atoms with E-state index >= 15 is 0 Å². The molecule has 0 spiro atoms. The smallest absolute Gasteiger partial charge is 0.462 e. The number of aliphatic hydroxyl groups excluding tert-OH is 1. The molecule has 0 aliphatic heterocycles. The summed E-state index contributed by atoms with van der Waals surface area (Å²) < 4.78 is 68.6. The first-order valence-electron chi connectivity index (χ1n) is 40.1. The van der Waals surface area contributed by atoms with E-state index in [1.807, 2.05) is 0 Å². The van der Waals surface area contributed by atoms with Gasteiger partial charge in [0.1, 0.15) is 19.3 Å². The third-order valence-corrected chi connectivity index (χ3v) is 19.9. The quantitative estimate of drug-likeness (QED) is 0.0222. The number of phosphoric acid groups is 2. The summed E-state index contributed by atoms with van der Waals surface area (Å²) in [6.45, 7) is 7.31. The number of esters is 4. The molecule has 0 radical (unpaired) electrons. The minimum atomic E-state index is -4.96. The molecule has 19 heteroatoms. The topological polar surface area (TPSA) is 237 Å². The van der Waals surface area contributed by atoms with E-state index in [4.69, 9.17) is 37.0 Å². The van der Waals surface area contributed by atoms with Crippen LogP contribution in [0.1, 0.15) is 407 Å². The van der Waals surface area contributed by atoms with Gasteiger partial charge in [0.05, 0.1) is 26.4 Å². The number of hydrogen-bond acceptors (Lipinski definition) is 15. The van der Waals surface area contributed by atoms with Crippen LogP contribution in [0.15, 0.2) is 0 Å². The molecule has 0 fully saturated rings. The van der Waals surface area contributed by atoms with E-state index < -0.39 is 97.5 Å². The minimum absolute atomic E-state index is 0.108. The first kappa shape index (κ1) is 94.1. The highest BCUT2D eigenvalue weighted by Crippen LogP contribution is 2.45. The van der Waals surface area contributed by atoms with E-state index in [-0.39, 0.29) is 25.7 Å². The molecule has 0 heterocycles. The molecule has 0 aromatic rings. The van der Waals surface area contributed by atoms with Crippen molar-refractivity contribution in [2.45, 2.75) is 425 Å². The van der Waals surface area contributed by atoms with Crippen LogP contribution in [-0.4, -0.2) is 96.7 Å². The number of carbonyl (C=O) groups excluding carboxylic acids is 4. The Balaban J connectivity index is 5.27. The summed E-state index contributed by atoms with van der Waals surface area (Å²) in [4.78, 5) is 72.9. The van der Waals surface area contributed by atoms with Crippen molar-refractivity contribution in [3.8, 4) is 0 Å². The molecule has 3 N–H and O–H groups in total. The van der Waals surface area contributed by atoms with Crippen molar-refractivity contribution in [1.29, 1.82) is 0 Å². The van der Waals surface area contributed by atoms with Gasteiger partial charge >= 0.3 is 39.5 Å². The van der Waals surface area contributed by atoms with E-state index in [0.29, 0.717) is 25.7 Å². The van der Waals surface area contributed by atoms with E-state index in [0.717, 1.165) is 95.8 Å². The fourth-order valence-electron chi connectivity index (χ4n) is 11.9. The normalized spacial score (nSPS) is 13.9. The molecule has 2 unspecified atom stereocenters. The van der Waals surface area contributed by atoms with Gasteiger partial charge in [-0.2, -0.15) is 0 Å². The van der Waals surface area contributed by atoms with Gasteiger partial charge in [-0.05, 0) is 31.6 Å². The Kier molecular flexibility index (Phi) is 68.7.